The zero-order valence-electron chi connectivity index (χ0n) is 13.1. The Kier molecular flexibility index (Phi) is 22.6. The topological polar surface area (TPSA) is 51.6 Å². The molecule has 0 aliphatic heterocycles. The van der Waals surface area contributed by atoms with Crippen LogP contribution in [0.25, 0.3) is 0 Å². The molecule has 2 rings (SSSR count). The molecule has 0 N–H and O–H groups in total. The van der Waals surface area contributed by atoms with E-state index in [1.54, 1.807) is 32.0 Å². The van der Waals surface area contributed by atoms with Gasteiger partial charge in [-0.1, -0.05) is 41.7 Å². The van der Waals surface area contributed by atoms with Crippen LogP contribution in [-0.2, 0) is 25.9 Å². The molecule has 118 valence electrons. The molecular weight excluding hydrogens is 396 g/mol. The van der Waals surface area contributed by atoms with Crippen molar-refractivity contribution in [2.24, 2.45) is 0 Å². The molecular formula is C14H19Cl3N4Zn. The second-order valence-corrected chi connectivity index (χ2v) is 4.04. The van der Waals surface area contributed by atoms with Gasteiger partial charge in [0.25, 0.3) is 0 Å². The average Bonchev–Trinajstić information content (AvgIpc) is 2.55. The van der Waals surface area contributed by atoms with Gasteiger partial charge in [-0.2, -0.15) is 18.9 Å². The first kappa shape index (κ1) is 26.5. The van der Waals surface area contributed by atoms with Gasteiger partial charge in [-0.25, -0.2) is 0 Å². The molecule has 0 spiro atoms. The monoisotopic (exact) mass is 412 g/mol. The third-order valence-electron chi connectivity index (χ3n) is 1.65. The maximum absolute atomic E-state index is 5.50. The molecule has 0 aliphatic carbocycles. The summed E-state index contributed by atoms with van der Waals surface area (Å²) in [4.78, 5) is 0. The predicted octanol–water partition coefficient (Wildman–Crippen LogP) is 5.15. The number of aromatic nitrogens is 4. The van der Waals surface area contributed by atoms with Crippen molar-refractivity contribution < 1.29 is 19.5 Å². The molecule has 0 saturated heterocycles. The van der Waals surface area contributed by atoms with Gasteiger partial charge in [-0.15, -0.1) is 15.3 Å². The average molecular weight is 415 g/mol. The molecule has 0 aromatic carbocycles. The van der Waals surface area contributed by atoms with Crippen LogP contribution >= 0.6 is 34.8 Å². The van der Waals surface area contributed by atoms with E-state index >= 15 is 0 Å². The third kappa shape index (κ3) is 14.6. The predicted molar refractivity (Wildman–Crippen MR) is 90.5 cm³/mol. The summed E-state index contributed by atoms with van der Waals surface area (Å²) >= 11 is 16.3. The van der Waals surface area contributed by atoms with E-state index in [-0.39, 0.29) is 19.5 Å². The fourth-order valence-electron chi connectivity index (χ4n) is 0.832. The number of hydrogen-bond donors (Lipinski definition) is 0. The van der Waals surface area contributed by atoms with E-state index in [0.29, 0.717) is 15.5 Å². The zero-order chi connectivity index (χ0) is 16.7. The summed E-state index contributed by atoms with van der Waals surface area (Å²) in [6, 6.07) is 6.77. The summed E-state index contributed by atoms with van der Waals surface area (Å²) in [7, 11) is 0. The molecule has 0 unspecified atom stereocenters. The van der Waals surface area contributed by atoms with Gasteiger partial charge in [0, 0.05) is 0 Å². The van der Waals surface area contributed by atoms with Crippen LogP contribution < -0.4 is 0 Å². The number of rotatable bonds is 1. The van der Waals surface area contributed by atoms with E-state index < -0.39 is 0 Å². The van der Waals surface area contributed by atoms with Crippen LogP contribution in [0, 0.1) is 13.8 Å². The van der Waals surface area contributed by atoms with Crippen molar-refractivity contribution in [2.75, 3.05) is 0 Å². The Labute approximate surface area is 160 Å². The number of hydrogen-bond acceptors (Lipinski definition) is 4. The van der Waals surface area contributed by atoms with Crippen molar-refractivity contribution in [3.05, 3.63) is 59.3 Å². The Morgan fingerprint density at radius 1 is 0.727 bits per heavy atom. The second kappa shape index (κ2) is 18.7. The maximum Gasteiger partial charge on any atom is 2.00 e. The molecule has 0 atom stereocenters. The fourth-order valence-corrected chi connectivity index (χ4v) is 1.13. The molecule has 2 aromatic rings. The molecule has 0 saturated carbocycles. The van der Waals surface area contributed by atoms with Gasteiger partial charge in [-0.05, 0) is 30.7 Å². The first-order valence-corrected chi connectivity index (χ1v) is 7.29. The van der Waals surface area contributed by atoms with Gasteiger partial charge in [-0.3, -0.25) is 0 Å². The Hall–Kier alpha value is -0.347. The van der Waals surface area contributed by atoms with Gasteiger partial charge in [0.05, 0.1) is 5.69 Å². The summed E-state index contributed by atoms with van der Waals surface area (Å²) in [5.74, 6) is 0. The Morgan fingerprint density at radius 3 is 1.27 bits per heavy atom. The van der Waals surface area contributed by atoms with Crippen molar-refractivity contribution in [2.45, 2.75) is 27.2 Å². The first-order valence-electron chi connectivity index (χ1n) is 6.16. The molecule has 22 heavy (non-hydrogen) atoms. The molecule has 0 aliphatic rings. The zero-order valence-corrected chi connectivity index (χ0v) is 18.3. The van der Waals surface area contributed by atoms with Crippen molar-refractivity contribution in [3.8, 4) is 0 Å². The molecule has 0 fully saturated rings. The summed E-state index contributed by atoms with van der Waals surface area (Å²) in [5.41, 5.74) is 0.972. The Morgan fingerprint density at radius 2 is 1.05 bits per heavy atom. The van der Waals surface area contributed by atoms with E-state index in [0.717, 1.165) is 12.1 Å². The molecule has 0 bridgehead atoms. The standard InChI is InChI=1S/C6H7ClN2.C4H2Cl2N2.2C2H5.Zn/c1-2-5-3-4-6(7)9-8-5;5-3-1-2-4(6)8-7-3;2*1-2;/h3-4H,2H2,1H3;1-2H;2*1H2,2H3;/q;;2*-1;+2. The molecule has 4 nitrogen and oxygen atoms in total. The minimum Gasteiger partial charge on any atom is -0.346 e. The van der Waals surface area contributed by atoms with E-state index in [4.69, 9.17) is 34.8 Å². The van der Waals surface area contributed by atoms with E-state index in [1.165, 1.54) is 0 Å². The Bertz CT molecular complexity index is 432. The molecule has 2 heterocycles. The number of halogens is 3. The van der Waals surface area contributed by atoms with Gasteiger partial charge in [0.1, 0.15) is 0 Å². The van der Waals surface area contributed by atoms with Gasteiger partial charge in [0.15, 0.2) is 15.5 Å². The van der Waals surface area contributed by atoms with Crippen LogP contribution in [0.3, 0.4) is 0 Å². The molecule has 8 heteroatoms. The summed E-state index contributed by atoms with van der Waals surface area (Å²) in [5, 5.41) is 15.6. The van der Waals surface area contributed by atoms with Gasteiger partial charge >= 0.3 is 19.5 Å². The quantitative estimate of drug-likeness (QED) is 0.478. The molecule has 0 amide bonds. The molecule has 2 aromatic heterocycles. The minimum atomic E-state index is 0. The van der Waals surface area contributed by atoms with Crippen LogP contribution in [0.1, 0.15) is 26.5 Å². The van der Waals surface area contributed by atoms with Crippen molar-refractivity contribution in [1.29, 1.82) is 0 Å². The number of aryl methyl sites for hydroxylation is 1. The van der Waals surface area contributed by atoms with E-state index in [2.05, 4.69) is 34.2 Å². The van der Waals surface area contributed by atoms with Gasteiger partial charge < -0.3 is 13.8 Å². The molecule has 0 radical (unpaired) electrons. The van der Waals surface area contributed by atoms with E-state index in [1.807, 2.05) is 13.0 Å². The number of nitrogens with zero attached hydrogens (tertiary/aromatic N) is 4. The largest absolute Gasteiger partial charge is 2.00 e. The fraction of sp³-hybridized carbons (Fsp3) is 0.286. The normalized spacial score (nSPS) is 7.82. The van der Waals surface area contributed by atoms with Gasteiger partial charge in [0.2, 0.25) is 0 Å². The summed E-state index contributed by atoms with van der Waals surface area (Å²) in [6.45, 7) is 12.0. The van der Waals surface area contributed by atoms with Crippen molar-refractivity contribution >= 4 is 34.8 Å². The van der Waals surface area contributed by atoms with Crippen LogP contribution in [0.15, 0.2) is 24.3 Å². The smallest absolute Gasteiger partial charge is 0.346 e. The van der Waals surface area contributed by atoms with Crippen LogP contribution in [0.5, 0.6) is 0 Å². The van der Waals surface area contributed by atoms with Crippen LogP contribution in [0.4, 0.5) is 0 Å². The summed E-state index contributed by atoms with van der Waals surface area (Å²) in [6.07, 6.45) is 0.907. The second-order valence-electron chi connectivity index (χ2n) is 2.88. The van der Waals surface area contributed by atoms with Crippen LogP contribution in [-0.4, -0.2) is 20.4 Å². The Balaban J connectivity index is -0.000000259. The van der Waals surface area contributed by atoms with Crippen molar-refractivity contribution in [3.63, 3.8) is 0 Å². The van der Waals surface area contributed by atoms with E-state index in [9.17, 15) is 0 Å². The SMILES string of the molecule is CCc1ccc(Cl)nn1.Clc1ccc(Cl)nn1.[CH2-]C.[CH2-]C.[Zn+2]. The van der Waals surface area contributed by atoms with Crippen LogP contribution in [0.2, 0.25) is 15.5 Å². The summed E-state index contributed by atoms with van der Waals surface area (Å²) < 4.78 is 0. The first-order chi connectivity index (χ1) is 10.1. The maximum atomic E-state index is 5.50. The minimum absolute atomic E-state index is 0. The third-order valence-corrected chi connectivity index (χ3v) is 2.25. The van der Waals surface area contributed by atoms with Crippen molar-refractivity contribution in [1.82, 2.24) is 20.4 Å².